The molecule has 0 amide bonds. The quantitative estimate of drug-likeness (QED) is 0.887. The first-order valence-corrected chi connectivity index (χ1v) is 8.41. The van der Waals surface area contributed by atoms with Crippen molar-refractivity contribution < 1.29 is 19.4 Å². The molecule has 7 heteroatoms. The average molecular weight is 362 g/mol. The van der Waals surface area contributed by atoms with Gasteiger partial charge in [-0.2, -0.15) is 0 Å². The molecule has 1 aromatic heterocycles. The molecule has 0 spiro atoms. The van der Waals surface area contributed by atoms with Crippen LogP contribution in [0.15, 0.2) is 29.2 Å². The zero-order chi connectivity index (χ0) is 17.7. The van der Waals surface area contributed by atoms with Gasteiger partial charge in [0.25, 0.3) is 0 Å². The molecule has 0 bridgehead atoms. The number of hydrogen-bond acceptors (Lipinski definition) is 4. The van der Waals surface area contributed by atoms with Crippen molar-refractivity contribution in [2.45, 2.75) is 31.4 Å². The van der Waals surface area contributed by atoms with Crippen molar-refractivity contribution >= 4 is 17.6 Å². The van der Waals surface area contributed by atoms with Crippen LogP contribution in [0.2, 0.25) is 5.02 Å². The Morgan fingerprint density at radius 3 is 2.88 bits per heavy atom. The fourth-order valence-corrected chi connectivity index (χ4v) is 3.96. The molecule has 1 aliphatic carbocycles. The molecule has 1 saturated carbocycles. The van der Waals surface area contributed by atoms with Crippen molar-refractivity contribution in [1.82, 2.24) is 4.57 Å². The van der Waals surface area contributed by atoms with Crippen molar-refractivity contribution in [2.24, 2.45) is 0 Å². The Hall–Kier alpha value is -2.47. The fourth-order valence-electron chi connectivity index (χ4n) is 3.71. The van der Waals surface area contributed by atoms with Crippen molar-refractivity contribution in [3.05, 3.63) is 45.2 Å². The number of ether oxygens (including phenoxy) is 2. The number of hydrogen-bond donors (Lipinski definition) is 1. The summed E-state index contributed by atoms with van der Waals surface area (Å²) in [5.41, 5.74) is 0.503. The molecular formula is C18H16ClNO5. The second-order valence-electron chi connectivity index (χ2n) is 6.29. The molecule has 1 aromatic carbocycles. The normalized spacial score (nSPS) is 20.7. The Balaban J connectivity index is 2.02. The van der Waals surface area contributed by atoms with Crippen LogP contribution in [0, 0.1) is 0 Å². The summed E-state index contributed by atoms with van der Waals surface area (Å²) in [6.07, 6.45) is 4.04. The van der Waals surface area contributed by atoms with E-state index in [-0.39, 0.29) is 17.7 Å². The van der Waals surface area contributed by atoms with E-state index >= 15 is 0 Å². The van der Waals surface area contributed by atoms with Crippen molar-refractivity contribution in [3.63, 3.8) is 0 Å². The van der Waals surface area contributed by atoms with E-state index in [0.717, 1.165) is 19.3 Å². The second-order valence-corrected chi connectivity index (χ2v) is 6.69. The van der Waals surface area contributed by atoms with Crippen LogP contribution in [-0.2, 0) is 0 Å². The monoisotopic (exact) mass is 361 g/mol. The van der Waals surface area contributed by atoms with Crippen molar-refractivity contribution in [1.29, 1.82) is 0 Å². The van der Waals surface area contributed by atoms with E-state index in [2.05, 4.69) is 0 Å². The third-order valence-corrected chi connectivity index (χ3v) is 5.19. The van der Waals surface area contributed by atoms with Gasteiger partial charge in [-0.3, -0.25) is 4.79 Å². The minimum absolute atomic E-state index is 0.0223. The second kappa shape index (κ2) is 5.81. The van der Waals surface area contributed by atoms with E-state index in [1.54, 1.807) is 12.1 Å². The maximum atomic E-state index is 12.3. The zero-order valence-electron chi connectivity index (χ0n) is 13.5. The summed E-state index contributed by atoms with van der Waals surface area (Å²) in [7, 11) is 1.53. The summed E-state index contributed by atoms with van der Waals surface area (Å²) < 4.78 is 13.3. The summed E-state index contributed by atoms with van der Waals surface area (Å²) in [6, 6.07) is 4.75. The van der Waals surface area contributed by atoms with Gasteiger partial charge >= 0.3 is 5.97 Å². The lowest BCUT2D eigenvalue weighted by Crippen LogP contribution is -2.26. The molecule has 25 heavy (non-hydrogen) atoms. The molecular weight excluding hydrogens is 346 g/mol. The molecule has 2 atom stereocenters. The highest BCUT2D eigenvalue weighted by Crippen LogP contribution is 2.45. The molecule has 130 valence electrons. The van der Waals surface area contributed by atoms with Crippen LogP contribution >= 0.6 is 11.6 Å². The van der Waals surface area contributed by atoms with E-state index in [1.165, 1.54) is 19.4 Å². The van der Waals surface area contributed by atoms with Crippen LogP contribution in [0.25, 0.3) is 11.3 Å². The predicted octanol–water partition coefficient (Wildman–Crippen LogP) is 3.36. The maximum Gasteiger partial charge on any atom is 0.341 e. The van der Waals surface area contributed by atoms with Gasteiger partial charge in [-0.05, 0) is 25.3 Å². The van der Waals surface area contributed by atoms with Gasteiger partial charge < -0.3 is 19.1 Å². The van der Waals surface area contributed by atoms with Gasteiger partial charge in [0.05, 0.1) is 23.9 Å². The Morgan fingerprint density at radius 2 is 2.16 bits per heavy atom. The molecule has 1 aliphatic heterocycles. The van der Waals surface area contributed by atoms with Gasteiger partial charge in [0, 0.05) is 23.9 Å². The predicted molar refractivity (Wildman–Crippen MR) is 92.0 cm³/mol. The molecule has 1 N–H and O–H groups in total. The summed E-state index contributed by atoms with van der Waals surface area (Å²) >= 11 is 6.26. The first-order valence-electron chi connectivity index (χ1n) is 8.03. The van der Waals surface area contributed by atoms with Crippen molar-refractivity contribution in [2.75, 3.05) is 7.11 Å². The SMILES string of the molecule is COc1cc2c(cc1Cl)-c1cc(=O)c(C(=O)O)cn1C1CCCC1O2. The molecule has 0 saturated heterocycles. The first kappa shape index (κ1) is 16.0. The highest BCUT2D eigenvalue weighted by molar-refractivity contribution is 6.32. The number of pyridine rings is 1. The van der Waals surface area contributed by atoms with Crippen molar-refractivity contribution in [3.8, 4) is 22.8 Å². The number of benzene rings is 1. The number of aromatic nitrogens is 1. The Morgan fingerprint density at radius 1 is 1.36 bits per heavy atom. The van der Waals surface area contributed by atoms with Crippen LogP contribution in [0.3, 0.4) is 0 Å². The van der Waals surface area contributed by atoms with Gasteiger partial charge in [0.15, 0.2) is 5.43 Å². The maximum absolute atomic E-state index is 12.3. The standard InChI is InChI=1S/C18H16ClNO5/c1-24-17-7-16-9(5-11(17)19)13-6-14(21)10(18(22)23)8-20(13)12-3-2-4-15(12)25-16/h5-8,12,15H,2-4H2,1H3,(H,22,23). The number of carboxylic acid groups (broad SMARTS) is 1. The average Bonchev–Trinajstić information content (AvgIpc) is 2.99. The molecule has 0 radical (unpaired) electrons. The molecule has 2 aromatic rings. The Kier molecular flexibility index (Phi) is 3.72. The summed E-state index contributed by atoms with van der Waals surface area (Å²) in [5.74, 6) is -0.146. The van der Waals surface area contributed by atoms with Crippen LogP contribution in [-0.4, -0.2) is 28.9 Å². The molecule has 6 nitrogen and oxygen atoms in total. The van der Waals surface area contributed by atoms with E-state index in [0.29, 0.717) is 27.8 Å². The molecule has 2 heterocycles. The number of carbonyl (C=O) groups is 1. The minimum Gasteiger partial charge on any atom is -0.495 e. The minimum atomic E-state index is -1.23. The topological polar surface area (TPSA) is 77.8 Å². The number of rotatable bonds is 2. The number of nitrogens with zero attached hydrogens (tertiary/aromatic N) is 1. The lowest BCUT2D eigenvalue weighted by Gasteiger charge is -2.22. The van der Waals surface area contributed by atoms with E-state index < -0.39 is 11.4 Å². The highest BCUT2D eigenvalue weighted by atomic mass is 35.5. The van der Waals surface area contributed by atoms with Crippen LogP contribution in [0.4, 0.5) is 0 Å². The number of halogens is 1. The Bertz CT molecular complexity index is 936. The summed E-state index contributed by atoms with van der Waals surface area (Å²) in [5, 5.41) is 9.70. The van der Waals surface area contributed by atoms with E-state index in [9.17, 15) is 14.7 Å². The molecule has 1 fully saturated rings. The van der Waals surface area contributed by atoms with Gasteiger partial charge in [0.2, 0.25) is 0 Å². The van der Waals surface area contributed by atoms with Crippen LogP contribution in [0.1, 0.15) is 35.7 Å². The van der Waals surface area contributed by atoms with E-state index in [1.807, 2.05) is 4.57 Å². The lowest BCUT2D eigenvalue weighted by molar-refractivity contribution is 0.0693. The highest BCUT2D eigenvalue weighted by Gasteiger charge is 2.36. The summed E-state index contributed by atoms with van der Waals surface area (Å²) in [6.45, 7) is 0. The van der Waals surface area contributed by atoms with Gasteiger partial charge in [0.1, 0.15) is 23.2 Å². The van der Waals surface area contributed by atoms with Crippen LogP contribution < -0.4 is 14.9 Å². The number of carboxylic acids is 1. The third-order valence-electron chi connectivity index (χ3n) is 4.89. The number of methoxy groups -OCH3 is 1. The zero-order valence-corrected chi connectivity index (χ0v) is 14.2. The van der Waals surface area contributed by atoms with Gasteiger partial charge in [-0.25, -0.2) is 4.79 Å². The smallest absolute Gasteiger partial charge is 0.341 e. The largest absolute Gasteiger partial charge is 0.495 e. The summed E-state index contributed by atoms with van der Waals surface area (Å²) in [4.78, 5) is 23.6. The first-order chi connectivity index (χ1) is 12.0. The molecule has 2 unspecified atom stereocenters. The molecule has 2 aliphatic rings. The number of fused-ring (bicyclic) bond motifs is 5. The van der Waals surface area contributed by atoms with Crippen LogP contribution in [0.5, 0.6) is 11.5 Å². The fraction of sp³-hybridized carbons (Fsp3) is 0.333. The van der Waals surface area contributed by atoms with E-state index in [4.69, 9.17) is 21.1 Å². The number of aromatic carboxylic acids is 1. The lowest BCUT2D eigenvalue weighted by atomic mass is 10.1. The van der Waals surface area contributed by atoms with Gasteiger partial charge in [-0.1, -0.05) is 11.6 Å². The van der Waals surface area contributed by atoms with Gasteiger partial charge in [-0.15, -0.1) is 0 Å². The Labute approximate surface area is 148 Å². The molecule has 4 rings (SSSR count). The third kappa shape index (κ3) is 2.48.